The predicted molar refractivity (Wildman–Crippen MR) is 104 cm³/mol. The largest absolute Gasteiger partial charge is 0.434 e. The molecule has 134 valence electrons. The van der Waals surface area contributed by atoms with Crippen LogP contribution >= 0.6 is 11.3 Å². The maximum Gasteiger partial charge on any atom is 0.411 e. The monoisotopic (exact) mass is 358 g/mol. The lowest BCUT2D eigenvalue weighted by atomic mass is 10.1. The van der Waals surface area contributed by atoms with Crippen molar-refractivity contribution in [3.8, 4) is 0 Å². The van der Waals surface area contributed by atoms with Crippen LogP contribution in [0.4, 0.5) is 4.79 Å². The van der Waals surface area contributed by atoms with Crippen LogP contribution in [0.2, 0.25) is 0 Å². The Labute approximate surface area is 154 Å². The first-order valence-corrected chi connectivity index (χ1v) is 9.30. The number of amides is 1. The van der Waals surface area contributed by atoms with Crippen molar-refractivity contribution < 1.29 is 9.53 Å². The van der Waals surface area contributed by atoms with Crippen LogP contribution < -0.4 is 0 Å². The molecule has 1 aromatic heterocycles. The van der Waals surface area contributed by atoms with Crippen molar-refractivity contribution in [3.63, 3.8) is 0 Å². The molecule has 25 heavy (non-hydrogen) atoms. The summed E-state index contributed by atoms with van der Waals surface area (Å²) in [7, 11) is 0. The molecule has 0 aliphatic heterocycles. The molecule has 1 unspecified atom stereocenters. The molecule has 0 bridgehead atoms. The highest BCUT2D eigenvalue weighted by molar-refractivity contribution is 7.12. The van der Waals surface area contributed by atoms with E-state index in [1.54, 1.807) is 11.0 Å². The number of hydrogen-bond donors (Lipinski definition) is 0. The first-order valence-electron chi connectivity index (χ1n) is 8.48. The van der Waals surface area contributed by atoms with Crippen LogP contribution in [-0.2, 0) is 4.74 Å². The zero-order valence-electron chi connectivity index (χ0n) is 15.5. The van der Waals surface area contributed by atoms with E-state index in [1.165, 1.54) is 11.3 Å². The van der Waals surface area contributed by atoms with Gasteiger partial charge in [-0.2, -0.15) is 0 Å². The number of benzene rings is 1. The SMILES string of the molecule is C=Cc1sc(C(OC(=O)N(C(C)C)C(C)C)c2ccccc2)nc1C. The van der Waals surface area contributed by atoms with E-state index in [-0.39, 0.29) is 18.2 Å². The highest BCUT2D eigenvalue weighted by Crippen LogP contribution is 2.32. The van der Waals surface area contributed by atoms with Gasteiger partial charge in [-0.05, 0) is 40.2 Å². The second-order valence-corrected chi connectivity index (χ2v) is 7.54. The molecule has 0 radical (unpaired) electrons. The van der Waals surface area contributed by atoms with Crippen molar-refractivity contribution in [2.75, 3.05) is 0 Å². The molecule has 0 saturated heterocycles. The minimum Gasteiger partial charge on any atom is -0.434 e. The minimum absolute atomic E-state index is 0.0608. The third-order valence-electron chi connectivity index (χ3n) is 3.90. The molecule has 1 atom stereocenters. The summed E-state index contributed by atoms with van der Waals surface area (Å²) >= 11 is 1.51. The number of thiazole rings is 1. The van der Waals surface area contributed by atoms with Crippen LogP contribution in [0.25, 0.3) is 6.08 Å². The fourth-order valence-electron chi connectivity index (χ4n) is 2.80. The lowest BCUT2D eigenvalue weighted by molar-refractivity contribution is 0.0576. The third kappa shape index (κ3) is 4.48. The van der Waals surface area contributed by atoms with E-state index in [9.17, 15) is 4.79 Å². The van der Waals surface area contributed by atoms with Crippen LogP contribution in [0.3, 0.4) is 0 Å². The highest BCUT2D eigenvalue weighted by atomic mass is 32.1. The van der Waals surface area contributed by atoms with E-state index in [0.29, 0.717) is 0 Å². The van der Waals surface area contributed by atoms with E-state index in [2.05, 4.69) is 11.6 Å². The second kappa shape index (κ2) is 8.30. The van der Waals surface area contributed by atoms with E-state index in [1.807, 2.05) is 65.0 Å². The van der Waals surface area contributed by atoms with Crippen LogP contribution in [-0.4, -0.2) is 28.1 Å². The molecule has 2 aromatic rings. The summed E-state index contributed by atoms with van der Waals surface area (Å²) in [5.74, 6) is 0. The number of rotatable bonds is 6. The van der Waals surface area contributed by atoms with Gasteiger partial charge in [-0.1, -0.05) is 43.0 Å². The first kappa shape index (κ1) is 19.2. The Bertz CT molecular complexity index is 715. The number of carbonyl (C=O) groups excluding carboxylic acids is 1. The molecule has 0 aliphatic rings. The fraction of sp³-hybridized carbons (Fsp3) is 0.400. The third-order valence-corrected chi connectivity index (χ3v) is 5.10. The number of nitrogens with zero attached hydrogens (tertiary/aromatic N) is 2. The Kier molecular flexibility index (Phi) is 6.37. The number of aromatic nitrogens is 1. The summed E-state index contributed by atoms with van der Waals surface area (Å²) in [4.78, 5) is 20.2. The molecule has 1 heterocycles. The lowest BCUT2D eigenvalue weighted by Crippen LogP contribution is -2.42. The average molecular weight is 359 g/mol. The van der Waals surface area contributed by atoms with E-state index in [0.717, 1.165) is 21.1 Å². The molecular formula is C20H26N2O2S. The van der Waals surface area contributed by atoms with Crippen LogP contribution in [0.15, 0.2) is 36.9 Å². The maximum atomic E-state index is 12.8. The van der Waals surface area contributed by atoms with E-state index >= 15 is 0 Å². The van der Waals surface area contributed by atoms with Gasteiger partial charge >= 0.3 is 6.09 Å². The van der Waals surface area contributed by atoms with E-state index < -0.39 is 6.10 Å². The summed E-state index contributed by atoms with van der Waals surface area (Å²) in [6.45, 7) is 13.7. The van der Waals surface area contributed by atoms with E-state index in [4.69, 9.17) is 4.74 Å². The first-order chi connectivity index (χ1) is 11.8. The van der Waals surface area contributed by atoms with Gasteiger partial charge in [0.15, 0.2) is 6.10 Å². The van der Waals surface area contributed by atoms with Crippen molar-refractivity contribution in [2.45, 2.75) is 52.8 Å². The minimum atomic E-state index is -0.522. The Morgan fingerprint density at radius 2 is 1.80 bits per heavy atom. The molecule has 1 aromatic carbocycles. The van der Waals surface area contributed by atoms with Gasteiger partial charge in [0.25, 0.3) is 0 Å². The molecule has 1 amide bonds. The number of carbonyl (C=O) groups is 1. The quantitative estimate of drug-likeness (QED) is 0.690. The van der Waals surface area contributed by atoms with Gasteiger partial charge in [-0.25, -0.2) is 9.78 Å². The summed E-state index contributed by atoms with van der Waals surface area (Å²) in [5, 5.41) is 0.763. The Morgan fingerprint density at radius 3 is 2.28 bits per heavy atom. The second-order valence-electron chi connectivity index (χ2n) is 6.48. The summed E-state index contributed by atoms with van der Waals surface area (Å²) in [6, 6.07) is 9.85. The average Bonchev–Trinajstić information content (AvgIpc) is 2.93. The van der Waals surface area contributed by atoms with Crippen molar-refractivity contribution in [1.82, 2.24) is 9.88 Å². The molecule has 0 aliphatic carbocycles. The summed E-state index contributed by atoms with van der Waals surface area (Å²) in [6.07, 6.45) is 0.938. The topological polar surface area (TPSA) is 42.4 Å². The molecule has 0 fully saturated rings. The standard InChI is InChI=1S/C20H26N2O2S/c1-7-17-15(6)21-19(25-17)18(16-11-9-8-10-12-16)24-20(23)22(13(2)3)14(4)5/h7-14,18H,1H2,2-6H3. The normalized spacial score (nSPS) is 12.3. The van der Waals surface area contributed by atoms with Crippen LogP contribution in [0.5, 0.6) is 0 Å². The Balaban J connectivity index is 2.38. The zero-order chi connectivity index (χ0) is 18.6. The Morgan fingerprint density at radius 1 is 1.20 bits per heavy atom. The van der Waals surface area contributed by atoms with Gasteiger partial charge in [-0.15, -0.1) is 11.3 Å². The number of hydrogen-bond acceptors (Lipinski definition) is 4. The number of aryl methyl sites for hydroxylation is 1. The molecule has 0 N–H and O–H groups in total. The van der Waals surface area contributed by atoms with Gasteiger partial charge in [0.1, 0.15) is 5.01 Å². The van der Waals surface area contributed by atoms with Crippen molar-refractivity contribution in [2.24, 2.45) is 0 Å². The highest BCUT2D eigenvalue weighted by Gasteiger charge is 2.28. The van der Waals surface area contributed by atoms with Crippen LogP contribution in [0.1, 0.15) is 54.9 Å². The van der Waals surface area contributed by atoms with Crippen molar-refractivity contribution in [1.29, 1.82) is 0 Å². The zero-order valence-corrected chi connectivity index (χ0v) is 16.3. The number of ether oxygens (including phenoxy) is 1. The van der Waals surface area contributed by atoms with Gasteiger partial charge in [0.05, 0.1) is 5.69 Å². The van der Waals surface area contributed by atoms with Gasteiger partial charge in [-0.3, -0.25) is 0 Å². The molecular weight excluding hydrogens is 332 g/mol. The smallest absolute Gasteiger partial charge is 0.411 e. The molecule has 2 rings (SSSR count). The fourth-order valence-corrected chi connectivity index (χ4v) is 3.78. The van der Waals surface area contributed by atoms with Gasteiger partial charge in [0.2, 0.25) is 0 Å². The Hall–Kier alpha value is -2.14. The lowest BCUT2D eigenvalue weighted by Gasteiger charge is -2.31. The summed E-state index contributed by atoms with van der Waals surface area (Å²) in [5.41, 5.74) is 1.81. The predicted octanol–water partition coefficient (Wildman–Crippen LogP) is 5.44. The van der Waals surface area contributed by atoms with Crippen molar-refractivity contribution >= 4 is 23.5 Å². The summed E-state index contributed by atoms with van der Waals surface area (Å²) < 4.78 is 5.92. The molecule has 5 heteroatoms. The molecule has 4 nitrogen and oxygen atoms in total. The molecule has 0 spiro atoms. The maximum absolute atomic E-state index is 12.8. The van der Waals surface area contributed by atoms with Gasteiger partial charge in [0, 0.05) is 17.0 Å². The van der Waals surface area contributed by atoms with Crippen LogP contribution in [0, 0.1) is 6.92 Å². The van der Waals surface area contributed by atoms with Gasteiger partial charge < -0.3 is 9.64 Å². The van der Waals surface area contributed by atoms with Crippen molar-refractivity contribution in [3.05, 3.63) is 58.1 Å². The molecule has 0 saturated carbocycles.